The Hall–Kier alpha value is -4.70. The van der Waals surface area contributed by atoms with Gasteiger partial charge >= 0.3 is 0 Å². The summed E-state index contributed by atoms with van der Waals surface area (Å²) in [5.74, 6) is 0.260. The maximum absolute atomic E-state index is 13.9. The van der Waals surface area contributed by atoms with Crippen LogP contribution in [0.3, 0.4) is 0 Å². The van der Waals surface area contributed by atoms with E-state index in [-0.39, 0.29) is 17.6 Å². The Morgan fingerprint density at radius 2 is 1.76 bits per heavy atom. The highest BCUT2D eigenvalue weighted by Gasteiger charge is 2.41. The molecule has 0 spiro atoms. The number of hydrogen-bond donors (Lipinski definition) is 3. The Morgan fingerprint density at radius 3 is 2.49 bits per heavy atom. The van der Waals surface area contributed by atoms with Gasteiger partial charge < -0.3 is 29.5 Å². The number of hydrogen-bond acceptors (Lipinski definition) is 6. The summed E-state index contributed by atoms with van der Waals surface area (Å²) in [6.45, 7) is 2.75. The molecule has 4 heterocycles. The van der Waals surface area contributed by atoms with Crippen LogP contribution in [-0.4, -0.2) is 50.3 Å². The van der Waals surface area contributed by atoms with Crippen molar-refractivity contribution in [1.82, 2.24) is 24.8 Å². The summed E-state index contributed by atoms with van der Waals surface area (Å²) in [5.41, 5.74) is 4.15. The number of ketones is 1. The topological polar surface area (TPSA) is 123 Å². The molecule has 0 bridgehead atoms. The lowest BCUT2D eigenvalue weighted by Crippen LogP contribution is -2.61. The van der Waals surface area contributed by atoms with E-state index in [0.29, 0.717) is 48.9 Å². The predicted molar refractivity (Wildman–Crippen MR) is 173 cm³/mol. The highest BCUT2D eigenvalue weighted by atomic mass is 16.3. The minimum atomic E-state index is -1.09. The molecule has 5 aromatic rings. The van der Waals surface area contributed by atoms with Gasteiger partial charge in [0.15, 0.2) is 5.78 Å². The van der Waals surface area contributed by atoms with E-state index in [1.807, 2.05) is 60.1 Å². The van der Waals surface area contributed by atoms with Crippen LogP contribution in [-0.2, 0) is 11.8 Å². The van der Waals surface area contributed by atoms with Crippen molar-refractivity contribution < 1.29 is 18.8 Å². The number of carbonyl (C=O) groups is 3. The molecule has 10 nitrogen and oxygen atoms in total. The summed E-state index contributed by atoms with van der Waals surface area (Å²) in [5, 5.41) is 10.3. The summed E-state index contributed by atoms with van der Waals surface area (Å²) in [4.78, 5) is 44.7. The zero-order valence-corrected chi connectivity index (χ0v) is 25.7. The number of Topliss-reactive ketones (excluding diaryl/α,β-unsaturated/α-hetero) is 1. The molecular weight excluding hydrogens is 568 g/mol. The number of piperidine rings is 1. The van der Waals surface area contributed by atoms with Crippen LogP contribution in [0.1, 0.15) is 78.8 Å². The lowest BCUT2D eigenvalue weighted by molar-refractivity contribution is -0.123. The van der Waals surface area contributed by atoms with E-state index in [1.54, 1.807) is 19.5 Å². The third kappa shape index (κ3) is 5.33. The predicted octanol–water partition coefficient (Wildman–Crippen LogP) is 5.99. The molecule has 1 saturated carbocycles. The Labute approximate surface area is 261 Å². The van der Waals surface area contributed by atoms with Crippen molar-refractivity contribution in [2.75, 3.05) is 18.4 Å². The van der Waals surface area contributed by atoms with Gasteiger partial charge in [-0.1, -0.05) is 19.3 Å². The van der Waals surface area contributed by atoms with Gasteiger partial charge in [-0.05, 0) is 87.3 Å². The number of furan rings is 1. The van der Waals surface area contributed by atoms with Gasteiger partial charge in [0, 0.05) is 42.2 Å². The van der Waals surface area contributed by atoms with E-state index >= 15 is 0 Å². The SMILES string of the molecule is CC(=O)c1cc2cc(NC(=O)C3(NC(=O)c4ccc5c(c4)nc(-c4ccoc4)n5C4CCCCC4)CCNCC3)ccc2n1C. The molecule has 0 unspecified atom stereocenters. The highest BCUT2D eigenvalue weighted by molar-refractivity contribution is 6.06. The molecule has 2 aromatic carbocycles. The average Bonchev–Trinajstić information content (AvgIpc) is 3.79. The average molecular weight is 607 g/mol. The minimum Gasteiger partial charge on any atom is -0.472 e. The van der Waals surface area contributed by atoms with Crippen LogP contribution in [0.4, 0.5) is 5.69 Å². The number of fused-ring (bicyclic) bond motifs is 2. The van der Waals surface area contributed by atoms with Gasteiger partial charge in [0.05, 0.1) is 28.6 Å². The molecule has 0 atom stereocenters. The molecule has 3 N–H and O–H groups in total. The fourth-order valence-electron chi connectivity index (χ4n) is 7.11. The lowest BCUT2D eigenvalue weighted by atomic mass is 9.86. The molecule has 232 valence electrons. The van der Waals surface area contributed by atoms with Gasteiger partial charge in [-0.3, -0.25) is 14.4 Å². The van der Waals surface area contributed by atoms with Crippen molar-refractivity contribution in [3.63, 3.8) is 0 Å². The standard InChI is InChI=1S/C35H38N6O4/c1-22(42)31-20-25-18-26(9-11-29(25)40(31)2)37-34(44)35(13-15-36-16-14-35)39-33(43)23-8-10-30-28(19-23)38-32(24-12-17-45-21-24)41(30)27-6-4-3-5-7-27/h8-12,17-21,27,36H,3-7,13-16H2,1-2H3,(H,37,44)(H,39,43). The Kier molecular flexibility index (Phi) is 7.53. The number of benzene rings is 2. The fraction of sp³-hybridized carbons (Fsp3) is 0.371. The monoisotopic (exact) mass is 606 g/mol. The van der Waals surface area contributed by atoms with Crippen molar-refractivity contribution in [2.45, 2.75) is 63.5 Å². The van der Waals surface area contributed by atoms with Crippen molar-refractivity contribution in [3.8, 4) is 11.4 Å². The molecule has 3 aromatic heterocycles. The van der Waals surface area contributed by atoms with Crippen LogP contribution in [0.25, 0.3) is 33.3 Å². The number of nitrogens with zero attached hydrogens (tertiary/aromatic N) is 3. The number of rotatable bonds is 7. The van der Waals surface area contributed by atoms with Crippen LogP contribution in [0.5, 0.6) is 0 Å². The first-order valence-electron chi connectivity index (χ1n) is 15.8. The van der Waals surface area contributed by atoms with Crippen molar-refractivity contribution >= 4 is 45.2 Å². The normalized spacial score (nSPS) is 17.0. The van der Waals surface area contributed by atoms with E-state index in [2.05, 4.69) is 20.5 Å². The number of nitrogens with one attached hydrogen (secondary N) is 3. The molecule has 7 rings (SSSR count). The molecule has 1 aliphatic heterocycles. The number of carbonyl (C=O) groups excluding carboxylic acids is 3. The summed E-state index contributed by atoms with van der Waals surface area (Å²) in [6, 6.07) is 15.3. The summed E-state index contributed by atoms with van der Waals surface area (Å²) >= 11 is 0. The van der Waals surface area contributed by atoms with Gasteiger partial charge in [0.2, 0.25) is 5.91 Å². The van der Waals surface area contributed by atoms with Crippen molar-refractivity contribution in [3.05, 3.63) is 72.3 Å². The molecule has 10 heteroatoms. The molecule has 45 heavy (non-hydrogen) atoms. The first-order chi connectivity index (χ1) is 21.8. The largest absolute Gasteiger partial charge is 0.472 e. The first kappa shape index (κ1) is 29.0. The van der Waals surface area contributed by atoms with Crippen LogP contribution in [0.2, 0.25) is 0 Å². The Bertz CT molecular complexity index is 1910. The van der Waals surface area contributed by atoms with E-state index in [9.17, 15) is 14.4 Å². The van der Waals surface area contributed by atoms with Gasteiger partial charge in [-0.15, -0.1) is 0 Å². The number of aryl methyl sites for hydroxylation is 1. The maximum atomic E-state index is 13.9. The Balaban J connectivity index is 1.17. The molecule has 1 aliphatic carbocycles. The second-order valence-corrected chi connectivity index (χ2v) is 12.5. The summed E-state index contributed by atoms with van der Waals surface area (Å²) < 4.78 is 9.55. The van der Waals surface area contributed by atoms with E-state index < -0.39 is 5.54 Å². The summed E-state index contributed by atoms with van der Waals surface area (Å²) in [6.07, 6.45) is 10.1. The number of aromatic nitrogens is 3. The van der Waals surface area contributed by atoms with Crippen LogP contribution in [0.15, 0.2) is 65.5 Å². The molecule has 2 fully saturated rings. The van der Waals surface area contributed by atoms with Crippen molar-refractivity contribution in [1.29, 1.82) is 0 Å². The fourth-order valence-corrected chi connectivity index (χ4v) is 7.11. The summed E-state index contributed by atoms with van der Waals surface area (Å²) in [7, 11) is 1.85. The quantitative estimate of drug-likeness (QED) is 0.196. The van der Waals surface area contributed by atoms with Crippen LogP contribution in [0, 0.1) is 0 Å². The molecule has 0 radical (unpaired) electrons. The first-order valence-corrected chi connectivity index (χ1v) is 15.8. The molecular formula is C35H38N6O4. The van der Waals surface area contributed by atoms with Crippen molar-refractivity contribution in [2.24, 2.45) is 7.05 Å². The lowest BCUT2D eigenvalue weighted by Gasteiger charge is -2.37. The molecule has 1 saturated heterocycles. The van der Waals surface area contributed by atoms with E-state index in [1.165, 1.54) is 19.3 Å². The highest BCUT2D eigenvalue weighted by Crippen LogP contribution is 2.36. The van der Waals surface area contributed by atoms with E-state index in [0.717, 1.165) is 46.2 Å². The van der Waals surface area contributed by atoms with Gasteiger partial charge in [-0.2, -0.15) is 0 Å². The van der Waals surface area contributed by atoms with Crippen LogP contribution < -0.4 is 16.0 Å². The third-order valence-electron chi connectivity index (χ3n) is 9.58. The van der Waals surface area contributed by atoms with Gasteiger partial charge in [0.1, 0.15) is 17.6 Å². The number of imidazole rings is 1. The van der Waals surface area contributed by atoms with Crippen LogP contribution >= 0.6 is 0 Å². The van der Waals surface area contributed by atoms with Gasteiger partial charge in [0.25, 0.3) is 5.91 Å². The number of anilines is 1. The smallest absolute Gasteiger partial charge is 0.252 e. The molecule has 2 aliphatic rings. The zero-order chi connectivity index (χ0) is 31.1. The Morgan fingerprint density at radius 1 is 0.978 bits per heavy atom. The second kappa shape index (κ2) is 11.7. The second-order valence-electron chi connectivity index (χ2n) is 12.5. The van der Waals surface area contributed by atoms with Gasteiger partial charge in [-0.25, -0.2) is 4.98 Å². The molecule has 2 amide bonds. The minimum absolute atomic E-state index is 0.0210. The number of amides is 2. The third-order valence-corrected chi connectivity index (χ3v) is 9.58. The zero-order valence-electron chi connectivity index (χ0n) is 25.7. The van der Waals surface area contributed by atoms with E-state index in [4.69, 9.17) is 9.40 Å². The maximum Gasteiger partial charge on any atom is 0.252 e.